The van der Waals surface area contributed by atoms with Gasteiger partial charge >= 0.3 is 0 Å². The Morgan fingerprint density at radius 2 is 1.85 bits per heavy atom. The number of benzene rings is 1. The van der Waals surface area contributed by atoms with Crippen LogP contribution in [0, 0.1) is 23.7 Å². The van der Waals surface area contributed by atoms with Gasteiger partial charge in [0.05, 0.1) is 0 Å². The molecule has 1 aromatic carbocycles. The molecule has 3 aliphatic carbocycles. The van der Waals surface area contributed by atoms with E-state index in [0.29, 0.717) is 22.4 Å². The first-order chi connectivity index (χ1) is 12.6. The average molecular weight is 392 g/mol. The van der Waals surface area contributed by atoms with E-state index in [9.17, 15) is 4.79 Å². The predicted octanol–water partition coefficient (Wildman–Crippen LogP) is 5.74. The van der Waals surface area contributed by atoms with E-state index in [-0.39, 0.29) is 11.5 Å². The molecule has 1 aliphatic heterocycles. The molecule has 4 heteroatoms. The molecule has 26 heavy (non-hydrogen) atoms. The molecule has 0 radical (unpaired) electrons. The topological polar surface area (TPSA) is 20.3 Å². The lowest BCUT2D eigenvalue weighted by atomic mass is 9.72. The number of rotatable bonds is 3. The van der Waals surface area contributed by atoms with E-state index in [1.807, 2.05) is 18.2 Å². The summed E-state index contributed by atoms with van der Waals surface area (Å²) in [6.45, 7) is 0.926. The zero-order valence-corrected chi connectivity index (χ0v) is 16.7. The van der Waals surface area contributed by atoms with Crippen molar-refractivity contribution in [2.75, 3.05) is 6.54 Å². The zero-order chi connectivity index (χ0) is 17.9. The van der Waals surface area contributed by atoms with E-state index >= 15 is 0 Å². The molecule has 4 fully saturated rings. The van der Waals surface area contributed by atoms with Gasteiger partial charge in [-0.2, -0.15) is 0 Å². The average Bonchev–Trinajstić information content (AvgIpc) is 3.07. The van der Waals surface area contributed by atoms with Crippen molar-refractivity contribution in [1.82, 2.24) is 4.90 Å². The highest BCUT2D eigenvalue weighted by molar-refractivity contribution is 6.36. The molecule has 1 aromatic rings. The van der Waals surface area contributed by atoms with E-state index in [2.05, 4.69) is 4.90 Å². The molecule has 1 amide bonds. The molecule has 5 rings (SSSR count). The number of carbonyl (C=O) groups excluding carboxylic acids is 1. The first kappa shape index (κ1) is 17.4. The second kappa shape index (κ2) is 6.41. The van der Waals surface area contributed by atoms with Crippen molar-refractivity contribution in [2.45, 2.75) is 63.3 Å². The summed E-state index contributed by atoms with van der Waals surface area (Å²) in [6, 6.07) is 5.63. The van der Waals surface area contributed by atoms with Gasteiger partial charge in [0.2, 0.25) is 5.91 Å². The van der Waals surface area contributed by atoms with Crippen molar-refractivity contribution < 1.29 is 4.79 Å². The number of fused-ring (bicyclic) bond motifs is 2. The molecule has 5 unspecified atom stereocenters. The van der Waals surface area contributed by atoms with Crippen LogP contribution in [0.25, 0.3) is 0 Å². The molecule has 4 aliphatic rings. The van der Waals surface area contributed by atoms with Crippen molar-refractivity contribution >= 4 is 29.1 Å². The van der Waals surface area contributed by atoms with Gasteiger partial charge in [-0.3, -0.25) is 4.79 Å². The third-order valence-corrected chi connectivity index (χ3v) is 8.58. The van der Waals surface area contributed by atoms with E-state index in [4.69, 9.17) is 23.2 Å². The summed E-state index contributed by atoms with van der Waals surface area (Å²) < 4.78 is 0. The molecule has 0 spiro atoms. The number of likely N-dealkylation sites (tertiary alicyclic amines) is 1. The minimum absolute atomic E-state index is 0.0420. The molecular formula is C22H27Cl2NO. The Balaban J connectivity index is 1.38. The minimum atomic E-state index is 0.0420. The summed E-state index contributed by atoms with van der Waals surface area (Å²) >= 11 is 12.7. The molecule has 0 aromatic heterocycles. The molecule has 140 valence electrons. The van der Waals surface area contributed by atoms with Crippen molar-refractivity contribution in [3.63, 3.8) is 0 Å². The Hall–Kier alpha value is -0.730. The van der Waals surface area contributed by atoms with Gasteiger partial charge in [-0.25, -0.2) is 0 Å². The Kier molecular flexibility index (Phi) is 4.29. The summed E-state index contributed by atoms with van der Waals surface area (Å²) in [7, 11) is 0. The van der Waals surface area contributed by atoms with Crippen LogP contribution >= 0.6 is 23.2 Å². The van der Waals surface area contributed by atoms with Crippen LogP contribution in [-0.4, -0.2) is 22.9 Å². The molecular weight excluding hydrogens is 365 g/mol. The molecule has 1 saturated heterocycles. The second-order valence-electron chi connectivity index (χ2n) is 9.26. The summed E-state index contributed by atoms with van der Waals surface area (Å²) in [4.78, 5) is 15.7. The van der Waals surface area contributed by atoms with Crippen LogP contribution in [0.15, 0.2) is 18.2 Å². The zero-order valence-electron chi connectivity index (χ0n) is 15.2. The third kappa shape index (κ3) is 2.71. The van der Waals surface area contributed by atoms with Crippen LogP contribution in [0.3, 0.4) is 0 Å². The fraction of sp³-hybridized carbons (Fsp3) is 0.682. The Bertz CT molecular complexity index is 715. The largest absolute Gasteiger partial charge is 0.337 e. The summed E-state index contributed by atoms with van der Waals surface area (Å²) in [5.41, 5.74) is 1.10. The highest BCUT2D eigenvalue weighted by atomic mass is 35.5. The third-order valence-electron chi connectivity index (χ3n) is 7.87. The lowest BCUT2D eigenvalue weighted by molar-refractivity contribution is -0.139. The number of nitrogens with zero attached hydrogens (tertiary/aromatic N) is 1. The van der Waals surface area contributed by atoms with Gasteiger partial charge in [0.1, 0.15) is 0 Å². The van der Waals surface area contributed by atoms with E-state index in [1.165, 1.54) is 44.9 Å². The van der Waals surface area contributed by atoms with Gasteiger partial charge in [-0.05, 0) is 80.4 Å². The second-order valence-corrected chi connectivity index (χ2v) is 10.1. The van der Waals surface area contributed by atoms with Gasteiger partial charge in [-0.15, -0.1) is 0 Å². The minimum Gasteiger partial charge on any atom is -0.337 e. The summed E-state index contributed by atoms with van der Waals surface area (Å²) in [6.07, 6.45) is 10.9. The van der Waals surface area contributed by atoms with Crippen LogP contribution in [0.5, 0.6) is 0 Å². The Morgan fingerprint density at radius 3 is 2.65 bits per heavy atom. The highest BCUT2D eigenvalue weighted by Gasteiger charge is 2.54. The number of hydrogen-bond donors (Lipinski definition) is 0. The lowest BCUT2D eigenvalue weighted by Gasteiger charge is -2.47. The number of halogens is 2. The quantitative estimate of drug-likeness (QED) is 0.642. The van der Waals surface area contributed by atoms with Gasteiger partial charge in [0.25, 0.3) is 0 Å². The monoisotopic (exact) mass is 391 g/mol. The molecule has 3 bridgehead atoms. The fourth-order valence-corrected chi connectivity index (χ4v) is 7.39. The summed E-state index contributed by atoms with van der Waals surface area (Å²) in [5.74, 6) is 3.09. The van der Waals surface area contributed by atoms with Crippen LogP contribution < -0.4 is 0 Å². The van der Waals surface area contributed by atoms with Gasteiger partial charge in [0.15, 0.2) is 0 Å². The fourth-order valence-electron chi connectivity index (χ4n) is 6.84. The van der Waals surface area contributed by atoms with Crippen molar-refractivity contribution in [3.05, 3.63) is 33.8 Å². The maximum atomic E-state index is 13.4. The normalized spacial score (nSPS) is 38.8. The van der Waals surface area contributed by atoms with E-state index in [0.717, 1.165) is 36.3 Å². The van der Waals surface area contributed by atoms with Crippen LogP contribution in [0.4, 0.5) is 0 Å². The summed E-state index contributed by atoms with van der Waals surface area (Å²) in [5, 5.41) is 1.38. The van der Waals surface area contributed by atoms with Crippen molar-refractivity contribution in [3.8, 4) is 0 Å². The SMILES string of the molecule is O=C1C(Cc2c(Cl)cccc2Cl)CCN1C12CCCC3CC(CC3C1)C2. The van der Waals surface area contributed by atoms with E-state index < -0.39 is 0 Å². The lowest BCUT2D eigenvalue weighted by Crippen LogP contribution is -2.53. The first-order valence-electron chi connectivity index (χ1n) is 10.3. The first-order valence-corrected chi connectivity index (χ1v) is 11.1. The number of amides is 1. The van der Waals surface area contributed by atoms with Gasteiger partial charge in [-0.1, -0.05) is 42.1 Å². The number of carbonyl (C=O) groups is 1. The maximum absolute atomic E-state index is 13.4. The molecule has 3 saturated carbocycles. The Morgan fingerprint density at radius 1 is 1.08 bits per heavy atom. The van der Waals surface area contributed by atoms with Crippen LogP contribution in [-0.2, 0) is 11.2 Å². The highest BCUT2D eigenvalue weighted by Crippen LogP contribution is 2.57. The molecule has 1 heterocycles. The smallest absolute Gasteiger partial charge is 0.226 e. The molecule has 0 N–H and O–H groups in total. The van der Waals surface area contributed by atoms with Gasteiger partial charge < -0.3 is 4.90 Å². The standard InChI is InChI=1S/C22H27Cl2NO/c23-19-4-1-5-20(24)18(19)11-16-6-8-25(21(16)26)22-7-2-3-15-9-14(12-22)10-17(15)13-22/h1,4-5,14-17H,2-3,6-13H2. The van der Waals surface area contributed by atoms with Crippen molar-refractivity contribution in [1.29, 1.82) is 0 Å². The maximum Gasteiger partial charge on any atom is 0.226 e. The predicted molar refractivity (Wildman–Crippen MR) is 106 cm³/mol. The van der Waals surface area contributed by atoms with Crippen molar-refractivity contribution in [2.24, 2.45) is 23.7 Å². The van der Waals surface area contributed by atoms with Crippen LogP contribution in [0.1, 0.15) is 56.9 Å². The van der Waals surface area contributed by atoms with Gasteiger partial charge in [0, 0.05) is 28.0 Å². The molecule has 5 atom stereocenters. The van der Waals surface area contributed by atoms with E-state index in [1.54, 1.807) is 0 Å². The number of hydrogen-bond acceptors (Lipinski definition) is 1. The molecule has 2 nitrogen and oxygen atoms in total. The Labute approximate surface area is 166 Å². The van der Waals surface area contributed by atoms with Crippen LogP contribution in [0.2, 0.25) is 10.0 Å².